The lowest BCUT2D eigenvalue weighted by molar-refractivity contribution is 0.284. The predicted molar refractivity (Wildman–Crippen MR) is 105 cm³/mol. The van der Waals surface area contributed by atoms with Crippen LogP contribution in [0.15, 0.2) is 29.0 Å². The molecule has 0 nitrogen and oxygen atoms in total. The van der Waals surface area contributed by atoms with E-state index < -0.39 is 0 Å². The third kappa shape index (κ3) is 9.21. The highest BCUT2D eigenvalue weighted by Crippen LogP contribution is 2.36. The molecule has 0 heterocycles. The molecule has 0 amide bonds. The molecule has 0 N–H and O–H groups in total. The van der Waals surface area contributed by atoms with Crippen molar-refractivity contribution < 1.29 is 0 Å². The predicted octanol–water partition coefficient (Wildman–Crippen LogP) is 8.15. The van der Waals surface area contributed by atoms with Crippen molar-refractivity contribution in [3.8, 4) is 0 Å². The molecule has 1 aliphatic carbocycles. The van der Waals surface area contributed by atoms with Crippen LogP contribution in [0.4, 0.5) is 0 Å². The maximum Gasteiger partial charge on any atom is -0.0209 e. The van der Waals surface area contributed by atoms with Crippen LogP contribution in [0.2, 0.25) is 0 Å². The molecule has 1 atom stereocenters. The second kappa shape index (κ2) is 11.7. The van der Waals surface area contributed by atoms with Gasteiger partial charge >= 0.3 is 0 Å². The smallest absolute Gasteiger partial charge is 0.0209 e. The molecule has 1 aliphatic rings. The molecule has 0 saturated heterocycles. The van der Waals surface area contributed by atoms with Crippen LogP contribution in [0.25, 0.3) is 0 Å². The fourth-order valence-electron chi connectivity index (χ4n) is 3.78. The van der Waals surface area contributed by atoms with Crippen LogP contribution in [0, 0.1) is 5.41 Å². The summed E-state index contributed by atoms with van der Waals surface area (Å²) >= 11 is 0. The van der Waals surface area contributed by atoms with Gasteiger partial charge in [-0.25, -0.2) is 0 Å². The minimum atomic E-state index is 0.438. The van der Waals surface area contributed by atoms with Crippen LogP contribution in [0.1, 0.15) is 111 Å². The van der Waals surface area contributed by atoms with Crippen molar-refractivity contribution in [1.29, 1.82) is 0 Å². The van der Waals surface area contributed by atoms with E-state index in [1.165, 1.54) is 83.5 Å². The average molecular weight is 317 g/mol. The molecule has 0 fully saturated rings. The van der Waals surface area contributed by atoms with E-state index in [0.29, 0.717) is 5.41 Å². The second-order valence-electron chi connectivity index (χ2n) is 8.00. The first-order valence-electron chi connectivity index (χ1n) is 10.2. The van der Waals surface area contributed by atoms with Crippen molar-refractivity contribution in [2.24, 2.45) is 5.41 Å². The molecule has 1 unspecified atom stereocenters. The first-order chi connectivity index (χ1) is 11.1. The molecule has 0 spiro atoms. The zero-order valence-electron chi connectivity index (χ0n) is 16.3. The number of rotatable bonds is 9. The van der Waals surface area contributed by atoms with Crippen LogP contribution >= 0.6 is 0 Å². The average Bonchev–Trinajstić information content (AvgIpc) is 2.51. The highest BCUT2D eigenvalue weighted by molar-refractivity contribution is 5.10. The highest BCUT2D eigenvalue weighted by Gasteiger charge is 2.23. The second-order valence-corrected chi connectivity index (χ2v) is 8.00. The molecule has 0 aromatic carbocycles. The Bertz CT molecular complexity index is 406. The topological polar surface area (TPSA) is 0 Å². The summed E-state index contributed by atoms with van der Waals surface area (Å²) in [5.74, 6) is 0. The summed E-state index contributed by atoms with van der Waals surface area (Å²) in [5, 5.41) is 0. The summed E-state index contributed by atoms with van der Waals surface area (Å²) in [4.78, 5) is 0. The highest BCUT2D eigenvalue weighted by atomic mass is 14.3. The molecular formula is C23H40. The lowest BCUT2D eigenvalue weighted by Crippen LogP contribution is -2.16. The maximum atomic E-state index is 3.68. The Morgan fingerprint density at radius 3 is 2.52 bits per heavy atom. The molecule has 132 valence electrons. The largest absolute Gasteiger partial charge is 0.126 e. The summed E-state index contributed by atoms with van der Waals surface area (Å²) in [6, 6.07) is 0. The Morgan fingerprint density at radius 2 is 1.78 bits per heavy atom. The molecule has 0 aromatic heterocycles. The van der Waals surface area contributed by atoms with Crippen LogP contribution in [-0.2, 0) is 0 Å². The summed E-state index contributed by atoms with van der Waals surface area (Å²) in [6.07, 6.45) is 21.9. The Labute approximate surface area is 146 Å². The van der Waals surface area contributed by atoms with E-state index in [-0.39, 0.29) is 0 Å². The first kappa shape index (κ1) is 20.3. The van der Waals surface area contributed by atoms with E-state index in [1.54, 1.807) is 11.1 Å². The number of hydrogen-bond acceptors (Lipinski definition) is 0. The van der Waals surface area contributed by atoms with Gasteiger partial charge in [-0.05, 0) is 68.9 Å². The van der Waals surface area contributed by atoms with Crippen molar-refractivity contribution in [2.45, 2.75) is 111 Å². The minimum Gasteiger partial charge on any atom is -0.126 e. The molecular weight excluding hydrogens is 276 g/mol. The van der Waals surface area contributed by atoms with Crippen LogP contribution < -0.4 is 0 Å². The van der Waals surface area contributed by atoms with Gasteiger partial charge in [0.2, 0.25) is 0 Å². The zero-order chi connectivity index (χ0) is 17.0. The first-order valence-corrected chi connectivity index (χ1v) is 10.2. The summed E-state index contributed by atoms with van der Waals surface area (Å²) < 4.78 is 0. The van der Waals surface area contributed by atoms with E-state index in [0.717, 1.165) is 0 Å². The van der Waals surface area contributed by atoms with Gasteiger partial charge in [-0.15, -0.1) is 5.73 Å². The SMILES string of the molecule is CCCCCCC1(C)CC=C=C(CCCCC)CCC=C(C)C1. The van der Waals surface area contributed by atoms with Gasteiger partial charge in [0.15, 0.2) is 0 Å². The van der Waals surface area contributed by atoms with Crippen LogP contribution in [0.5, 0.6) is 0 Å². The molecule has 0 radical (unpaired) electrons. The molecule has 0 aromatic rings. The Hall–Kier alpha value is -0.740. The van der Waals surface area contributed by atoms with Crippen LogP contribution in [0.3, 0.4) is 0 Å². The molecule has 23 heavy (non-hydrogen) atoms. The van der Waals surface area contributed by atoms with E-state index in [1.807, 2.05) is 0 Å². The zero-order valence-corrected chi connectivity index (χ0v) is 16.3. The third-order valence-electron chi connectivity index (χ3n) is 5.26. The standard InChI is InChI=1S/C23H40/c1-5-7-9-11-18-23(4)19-13-17-22(15-10-8-6-2)16-12-14-21(3)20-23/h13-14H,5-12,15-16,18-20H2,1-4H3. The van der Waals surface area contributed by atoms with E-state index in [2.05, 4.69) is 45.6 Å². The molecule has 0 aliphatic heterocycles. The summed E-state index contributed by atoms with van der Waals surface area (Å²) in [6.45, 7) is 9.42. The quantitative estimate of drug-likeness (QED) is 0.229. The normalized spacial score (nSPS) is 22.6. The summed E-state index contributed by atoms with van der Waals surface area (Å²) in [5.41, 5.74) is 7.28. The number of hydrogen-bond donors (Lipinski definition) is 0. The molecule has 0 heteroatoms. The lowest BCUT2D eigenvalue weighted by Gasteiger charge is -2.29. The van der Waals surface area contributed by atoms with Gasteiger partial charge in [-0.2, -0.15) is 0 Å². The van der Waals surface area contributed by atoms with Gasteiger partial charge in [0.25, 0.3) is 0 Å². The van der Waals surface area contributed by atoms with Crippen LogP contribution in [-0.4, -0.2) is 0 Å². The van der Waals surface area contributed by atoms with Gasteiger partial charge in [0, 0.05) is 0 Å². The molecule has 0 saturated carbocycles. The van der Waals surface area contributed by atoms with Gasteiger partial charge < -0.3 is 0 Å². The van der Waals surface area contributed by atoms with Crippen molar-refractivity contribution in [1.82, 2.24) is 0 Å². The lowest BCUT2D eigenvalue weighted by atomic mass is 9.76. The van der Waals surface area contributed by atoms with Gasteiger partial charge in [0.1, 0.15) is 0 Å². The van der Waals surface area contributed by atoms with E-state index in [4.69, 9.17) is 0 Å². The van der Waals surface area contributed by atoms with Gasteiger partial charge in [-0.3, -0.25) is 0 Å². The van der Waals surface area contributed by atoms with E-state index >= 15 is 0 Å². The fourth-order valence-corrected chi connectivity index (χ4v) is 3.78. The van der Waals surface area contributed by atoms with E-state index in [9.17, 15) is 0 Å². The number of allylic oxidation sites excluding steroid dienone is 3. The minimum absolute atomic E-state index is 0.438. The third-order valence-corrected chi connectivity index (χ3v) is 5.26. The molecule has 1 rings (SSSR count). The summed E-state index contributed by atoms with van der Waals surface area (Å²) in [7, 11) is 0. The Balaban J connectivity index is 2.70. The molecule has 0 bridgehead atoms. The van der Waals surface area contributed by atoms with Gasteiger partial charge in [-0.1, -0.05) is 70.9 Å². The maximum absolute atomic E-state index is 3.68. The number of unbranched alkanes of at least 4 members (excludes halogenated alkanes) is 5. The van der Waals surface area contributed by atoms with Crippen molar-refractivity contribution in [2.75, 3.05) is 0 Å². The Kier molecular flexibility index (Phi) is 10.4. The fraction of sp³-hybridized carbons (Fsp3) is 0.783. The van der Waals surface area contributed by atoms with Crippen molar-refractivity contribution in [3.63, 3.8) is 0 Å². The van der Waals surface area contributed by atoms with Crippen molar-refractivity contribution >= 4 is 0 Å². The Morgan fingerprint density at radius 1 is 1.04 bits per heavy atom. The monoisotopic (exact) mass is 316 g/mol. The van der Waals surface area contributed by atoms with Crippen molar-refractivity contribution in [3.05, 3.63) is 29.0 Å². The van der Waals surface area contributed by atoms with Gasteiger partial charge in [0.05, 0.1) is 0 Å².